The minimum Gasteiger partial charge on any atom is -0.465 e. The Morgan fingerprint density at radius 1 is 1.03 bits per heavy atom. The van der Waals surface area contributed by atoms with Crippen LogP contribution in [0.25, 0.3) is 0 Å². The van der Waals surface area contributed by atoms with E-state index in [-0.39, 0.29) is 0 Å². The van der Waals surface area contributed by atoms with E-state index in [2.05, 4.69) is 15.7 Å². The molecule has 0 atom stereocenters. The molecule has 0 bridgehead atoms. The van der Waals surface area contributed by atoms with Crippen LogP contribution in [0.4, 0.5) is 10.7 Å². The van der Waals surface area contributed by atoms with E-state index in [0.717, 1.165) is 39.0 Å². The van der Waals surface area contributed by atoms with Crippen LogP contribution in [-0.2, 0) is 11.3 Å². The minimum atomic E-state index is -0.403. The Balaban J connectivity index is 1.43. The van der Waals surface area contributed by atoms with Gasteiger partial charge in [0.1, 0.15) is 16.5 Å². The zero-order valence-electron chi connectivity index (χ0n) is 19.9. The molecule has 0 radical (unpaired) electrons. The number of carbonyl (C=O) groups is 1. The van der Waals surface area contributed by atoms with E-state index in [1.807, 2.05) is 80.1 Å². The first-order valence-electron chi connectivity index (χ1n) is 11.0. The Bertz CT molecular complexity index is 1350. The smallest absolute Gasteiger partial charge is 0.340 e. The van der Waals surface area contributed by atoms with Gasteiger partial charge in [-0.25, -0.2) is 4.79 Å². The highest BCUT2D eigenvalue weighted by atomic mass is 32.1. The molecule has 0 aliphatic carbocycles. The molecule has 180 valence electrons. The largest absolute Gasteiger partial charge is 0.465 e. The summed E-state index contributed by atoms with van der Waals surface area (Å²) in [6.45, 7) is 6.46. The van der Waals surface area contributed by atoms with Crippen molar-refractivity contribution in [1.29, 1.82) is 0 Å². The van der Waals surface area contributed by atoms with Gasteiger partial charge >= 0.3 is 5.97 Å². The summed E-state index contributed by atoms with van der Waals surface area (Å²) in [6.07, 6.45) is 0. The SMILES string of the molecule is COC(=O)c1cc(C)sc1NC(=S)Nc1c(C)nn(Cc2ccc(Oc3ccccc3)cc2)c1C. The maximum atomic E-state index is 12.0. The first-order valence-corrected chi connectivity index (χ1v) is 12.2. The third kappa shape index (κ3) is 5.87. The maximum Gasteiger partial charge on any atom is 0.340 e. The molecule has 9 heteroatoms. The molecule has 0 fully saturated rings. The van der Waals surface area contributed by atoms with Crippen molar-refractivity contribution in [2.45, 2.75) is 27.3 Å². The molecule has 2 aromatic heterocycles. The molecule has 0 saturated carbocycles. The van der Waals surface area contributed by atoms with E-state index < -0.39 is 5.97 Å². The lowest BCUT2D eigenvalue weighted by molar-refractivity contribution is 0.0602. The molecule has 4 rings (SSSR count). The van der Waals surface area contributed by atoms with Crippen LogP contribution in [0.15, 0.2) is 60.7 Å². The molecule has 0 saturated heterocycles. The normalized spacial score (nSPS) is 10.6. The number of methoxy groups -OCH3 is 1. The number of nitrogens with one attached hydrogen (secondary N) is 2. The monoisotopic (exact) mass is 506 g/mol. The van der Waals surface area contributed by atoms with Crippen molar-refractivity contribution in [3.05, 3.63) is 88.1 Å². The number of ether oxygens (including phenoxy) is 2. The molecule has 2 heterocycles. The molecule has 2 N–H and O–H groups in total. The summed E-state index contributed by atoms with van der Waals surface area (Å²) in [5, 5.41) is 12.1. The molecule has 2 aromatic carbocycles. The van der Waals surface area contributed by atoms with Crippen molar-refractivity contribution in [2.24, 2.45) is 0 Å². The van der Waals surface area contributed by atoms with Crippen molar-refractivity contribution in [3.8, 4) is 11.5 Å². The lowest BCUT2D eigenvalue weighted by Gasteiger charge is -2.11. The molecular formula is C26H26N4O3S2. The second-order valence-corrected chi connectivity index (χ2v) is 9.60. The number of aryl methyl sites for hydroxylation is 2. The molecule has 0 aliphatic rings. The molecule has 0 amide bonds. The Morgan fingerprint density at radius 3 is 2.40 bits per heavy atom. The fourth-order valence-electron chi connectivity index (χ4n) is 3.61. The van der Waals surface area contributed by atoms with E-state index >= 15 is 0 Å². The quantitative estimate of drug-likeness (QED) is 0.225. The summed E-state index contributed by atoms with van der Waals surface area (Å²) < 4.78 is 12.7. The third-order valence-corrected chi connectivity index (χ3v) is 6.51. The number of aromatic nitrogens is 2. The lowest BCUT2D eigenvalue weighted by atomic mass is 10.2. The fraction of sp³-hybridized carbons (Fsp3) is 0.192. The van der Waals surface area contributed by atoms with Crippen molar-refractivity contribution in [3.63, 3.8) is 0 Å². The van der Waals surface area contributed by atoms with Crippen LogP contribution >= 0.6 is 23.6 Å². The number of hydrogen-bond acceptors (Lipinski definition) is 6. The highest BCUT2D eigenvalue weighted by Crippen LogP contribution is 2.29. The number of hydrogen-bond donors (Lipinski definition) is 2. The van der Waals surface area contributed by atoms with Gasteiger partial charge in [0.15, 0.2) is 5.11 Å². The average molecular weight is 507 g/mol. The van der Waals surface area contributed by atoms with E-state index in [4.69, 9.17) is 21.7 Å². The summed E-state index contributed by atoms with van der Waals surface area (Å²) in [7, 11) is 1.36. The average Bonchev–Trinajstić information content (AvgIpc) is 3.34. The van der Waals surface area contributed by atoms with Crippen molar-refractivity contribution >= 4 is 45.3 Å². The molecule has 35 heavy (non-hydrogen) atoms. The highest BCUT2D eigenvalue weighted by Gasteiger charge is 2.18. The number of benzene rings is 2. The lowest BCUT2D eigenvalue weighted by Crippen LogP contribution is -2.20. The number of rotatable bonds is 7. The van der Waals surface area contributed by atoms with Crippen molar-refractivity contribution in [1.82, 2.24) is 9.78 Å². The topological polar surface area (TPSA) is 77.4 Å². The number of esters is 1. The van der Waals surface area contributed by atoms with Crippen LogP contribution in [0.5, 0.6) is 11.5 Å². The fourth-order valence-corrected chi connectivity index (χ4v) is 4.78. The highest BCUT2D eigenvalue weighted by molar-refractivity contribution is 7.80. The van der Waals surface area contributed by atoms with Gasteiger partial charge < -0.3 is 20.1 Å². The summed E-state index contributed by atoms with van der Waals surface area (Å²) in [6, 6.07) is 19.4. The van der Waals surface area contributed by atoms with Gasteiger partial charge in [0, 0.05) is 4.88 Å². The van der Waals surface area contributed by atoms with Crippen molar-refractivity contribution in [2.75, 3.05) is 17.7 Å². The number of thiophene rings is 1. The number of carbonyl (C=O) groups excluding carboxylic acids is 1. The molecule has 0 aliphatic heterocycles. The Kier molecular flexibility index (Phi) is 7.48. The van der Waals surface area contributed by atoms with E-state index in [0.29, 0.717) is 22.2 Å². The third-order valence-electron chi connectivity index (χ3n) is 5.34. The molecule has 7 nitrogen and oxygen atoms in total. The van der Waals surface area contributed by atoms with Crippen LogP contribution in [0, 0.1) is 20.8 Å². The van der Waals surface area contributed by atoms with Gasteiger partial charge in [-0.05, 0) is 68.9 Å². The zero-order valence-corrected chi connectivity index (χ0v) is 21.5. The van der Waals surface area contributed by atoms with Gasteiger partial charge in [-0.1, -0.05) is 30.3 Å². The second-order valence-electron chi connectivity index (χ2n) is 7.93. The Labute approximate surface area is 213 Å². The van der Waals surface area contributed by atoms with Gasteiger partial charge in [-0.15, -0.1) is 11.3 Å². The first-order chi connectivity index (χ1) is 16.8. The van der Waals surface area contributed by atoms with Crippen LogP contribution in [0.1, 0.15) is 32.2 Å². The van der Waals surface area contributed by atoms with Crippen LogP contribution in [0.2, 0.25) is 0 Å². The predicted molar refractivity (Wildman–Crippen MR) is 144 cm³/mol. The van der Waals surface area contributed by atoms with Crippen LogP contribution in [-0.4, -0.2) is 28.0 Å². The van der Waals surface area contributed by atoms with Crippen molar-refractivity contribution < 1.29 is 14.3 Å². The Hall–Kier alpha value is -3.69. The maximum absolute atomic E-state index is 12.0. The minimum absolute atomic E-state index is 0.380. The number of anilines is 2. The standard InChI is InChI=1S/C26H26N4O3S2/c1-16-14-22(25(31)32-4)24(35-16)28-26(34)27-23-17(2)29-30(18(23)3)15-19-10-12-21(13-11-19)33-20-8-6-5-7-9-20/h5-14H,15H2,1-4H3,(H2,27,28,34). The first kappa shape index (κ1) is 24.4. The van der Waals surface area contributed by atoms with Crippen LogP contribution in [0.3, 0.4) is 0 Å². The number of thiocarbonyl (C=S) groups is 1. The zero-order chi connectivity index (χ0) is 24.9. The number of para-hydroxylation sites is 1. The van der Waals surface area contributed by atoms with Gasteiger partial charge in [0.25, 0.3) is 0 Å². The summed E-state index contributed by atoms with van der Waals surface area (Å²) in [5.41, 5.74) is 4.17. The second kappa shape index (κ2) is 10.7. The molecule has 0 unspecified atom stereocenters. The molecule has 4 aromatic rings. The molecule has 0 spiro atoms. The molecular weight excluding hydrogens is 480 g/mol. The van der Waals surface area contributed by atoms with E-state index in [1.54, 1.807) is 6.07 Å². The van der Waals surface area contributed by atoms with E-state index in [1.165, 1.54) is 18.4 Å². The predicted octanol–water partition coefficient (Wildman–Crippen LogP) is 6.31. The summed E-state index contributed by atoms with van der Waals surface area (Å²) in [4.78, 5) is 13.0. The van der Waals surface area contributed by atoms with Gasteiger partial charge in [-0.2, -0.15) is 5.10 Å². The van der Waals surface area contributed by atoms with Gasteiger partial charge in [0.2, 0.25) is 0 Å². The van der Waals surface area contributed by atoms with Gasteiger partial charge in [0.05, 0.1) is 36.3 Å². The van der Waals surface area contributed by atoms with E-state index in [9.17, 15) is 4.79 Å². The van der Waals surface area contributed by atoms with Crippen LogP contribution < -0.4 is 15.4 Å². The number of nitrogens with zero attached hydrogens (tertiary/aromatic N) is 2. The van der Waals surface area contributed by atoms with Gasteiger partial charge in [-0.3, -0.25) is 4.68 Å². The summed E-state index contributed by atoms with van der Waals surface area (Å²) in [5.74, 6) is 1.18. The summed E-state index contributed by atoms with van der Waals surface area (Å²) >= 11 is 6.96. The Morgan fingerprint density at radius 2 is 1.71 bits per heavy atom.